The molecule has 0 unspecified atom stereocenters. The number of nitrogens with zero attached hydrogens (tertiary/aromatic N) is 4. The molecule has 0 fully saturated rings. The van der Waals surface area contributed by atoms with Gasteiger partial charge in [0.15, 0.2) is 0 Å². The van der Waals surface area contributed by atoms with Crippen LogP contribution in [0.2, 0.25) is 0 Å². The normalized spacial score (nSPS) is 11.5. The van der Waals surface area contributed by atoms with Crippen LogP contribution in [-0.2, 0) is 10.8 Å². The van der Waals surface area contributed by atoms with Crippen molar-refractivity contribution in [1.82, 2.24) is 0 Å². The van der Waals surface area contributed by atoms with E-state index in [4.69, 9.17) is 0 Å². The van der Waals surface area contributed by atoms with Crippen molar-refractivity contribution in [3.63, 3.8) is 0 Å². The first-order valence-corrected chi connectivity index (χ1v) is 32.4. The molecule has 0 atom stereocenters. The van der Waals surface area contributed by atoms with E-state index < -0.39 is 10.8 Å². The number of para-hydroxylation sites is 8. The average Bonchev–Trinajstić information content (AvgIpc) is 0.704. The van der Waals surface area contributed by atoms with Gasteiger partial charge in [0.05, 0.1) is 0 Å². The van der Waals surface area contributed by atoms with E-state index in [0.717, 1.165) is 68.2 Å². The summed E-state index contributed by atoms with van der Waals surface area (Å²) in [5.74, 6) is 0. The van der Waals surface area contributed by atoms with E-state index >= 15 is 0 Å². The van der Waals surface area contributed by atoms with Gasteiger partial charge in [0.25, 0.3) is 0 Å². The minimum atomic E-state index is -0.722. The predicted octanol–water partition coefficient (Wildman–Crippen LogP) is 24.6. The van der Waals surface area contributed by atoms with Crippen LogP contribution in [0.1, 0.15) is 47.2 Å². The molecule has 0 aromatic heterocycles. The van der Waals surface area contributed by atoms with Crippen molar-refractivity contribution in [2.45, 2.75) is 24.7 Å². The van der Waals surface area contributed by atoms with Crippen molar-refractivity contribution in [1.29, 1.82) is 0 Å². The molecule has 450 valence electrons. The number of hydrogen-bond donors (Lipinski definition) is 0. The highest BCUT2D eigenvalue weighted by atomic mass is 15.2. The molecule has 0 aliphatic heterocycles. The molecule has 94 heavy (non-hydrogen) atoms. The standard InChI is InChI=1S/C90H70N4/c1-89(67-51-59-79(60-52-67)91(71-31-11-3-12-32-71)72-33-13-4-14-34-72,68-53-61-80(62-54-68)92(73-35-15-5-16-36-73)74-37-17-6-18-38-74)87-83-47-27-29-49-85(83)88(86-50-30-28-48-84(86)87)90(2,69-55-63-81(64-56-69)93(75-39-19-7-20-40-75)76-41-21-8-22-42-76)70-57-65-82(66-58-70)94(77-43-23-9-24-44-77)78-45-25-10-26-46-78/h3-66H,1-2H3. The first-order valence-electron chi connectivity index (χ1n) is 32.4. The molecule has 0 bridgehead atoms. The summed E-state index contributed by atoms with van der Waals surface area (Å²) in [5, 5.41) is 4.76. The molecule has 15 aromatic rings. The molecule has 4 nitrogen and oxygen atoms in total. The monoisotopic (exact) mass is 1210 g/mol. The van der Waals surface area contributed by atoms with Crippen molar-refractivity contribution in [3.8, 4) is 0 Å². The number of anilines is 12. The number of hydrogen-bond acceptors (Lipinski definition) is 4. The van der Waals surface area contributed by atoms with Gasteiger partial charge < -0.3 is 19.6 Å². The Morgan fingerprint density at radius 1 is 0.149 bits per heavy atom. The van der Waals surface area contributed by atoms with E-state index in [2.05, 4.69) is 422 Å². The van der Waals surface area contributed by atoms with E-state index in [9.17, 15) is 0 Å². The Morgan fingerprint density at radius 3 is 0.426 bits per heavy atom. The van der Waals surface area contributed by atoms with E-state index in [1.54, 1.807) is 0 Å². The summed E-state index contributed by atoms with van der Waals surface area (Å²) in [4.78, 5) is 9.38. The summed E-state index contributed by atoms with van der Waals surface area (Å²) in [7, 11) is 0. The fourth-order valence-electron chi connectivity index (χ4n) is 14.3. The predicted molar refractivity (Wildman–Crippen MR) is 397 cm³/mol. The summed E-state index contributed by atoms with van der Waals surface area (Å²) < 4.78 is 0. The van der Waals surface area contributed by atoms with Crippen LogP contribution < -0.4 is 19.6 Å². The zero-order chi connectivity index (χ0) is 63.3. The first-order chi connectivity index (χ1) is 46.4. The lowest BCUT2D eigenvalue weighted by atomic mass is 9.64. The number of benzene rings is 15. The van der Waals surface area contributed by atoms with E-state index in [-0.39, 0.29) is 0 Å². The van der Waals surface area contributed by atoms with E-state index in [0.29, 0.717) is 0 Å². The van der Waals surface area contributed by atoms with Gasteiger partial charge in [-0.1, -0.05) is 243 Å². The Labute approximate surface area is 552 Å². The average molecular weight is 1210 g/mol. The fraction of sp³-hybridized carbons (Fsp3) is 0.0444. The van der Waals surface area contributed by atoms with Crippen LogP contribution in [0.4, 0.5) is 68.2 Å². The fourth-order valence-corrected chi connectivity index (χ4v) is 14.3. The highest BCUT2D eigenvalue weighted by Crippen LogP contribution is 2.53. The molecule has 0 aliphatic carbocycles. The van der Waals surface area contributed by atoms with Crippen LogP contribution in [0.5, 0.6) is 0 Å². The Balaban J connectivity index is 0.960. The molecule has 4 heteroatoms. The Bertz CT molecular complexity index is 4190. The van der Waals surface area contributed by atoms with Gasteiger partial charge in [-0.15, -0.1) is 0 Å². The molecular weight excluding hydrogens is 1140 g/mol. The summed E-state index contributed by atoms with van der Waals surface area (Å²) in [6.07, 6.45) is 0. The molecule has 0 amide bonds. The van der Waals surface area contributed by atoms with E-state index in [1.165, 1.54) is 54.9 Å². The zero-order valence-electron chi connectivity index (χ0n) is 52.7. The quantitative estimate of drug-likeness (QED) is 0.0627. The van der Waals surface area contributed by atoms with Gasteiger partial charge in [-0.25, -0.2) is 0 Å². The van der Waals surface area contributed by atoms with Crippen LogP contribution in [0, 0.1) is 0 Å². The summed E-state index contributed by atoms with van der Waals surface area (Å²) in [6.45, 7) is 4.91. The Morgan fingerprint density at radius 2 is 0.277 bits per heavy atom. The van der Waals surface area contributed by atoms with Crippen LogP contribution in [0.25, 0.3) is 21.5 Å². The zero-order valence-corrected chi connectivity index (χ0v) is 52.7. The largest absolute Gasteiger partial charge is 0.311 e. The second kappa shape index (κ2) is 25.7. The third-order valence-corrected chi connectivity index (χ3v) is 18.9. The van der Waals surface area contributed by atoms with Gasteiger partial charge in [0.1, 0.15) is 0 Å². The molecule has 0 saturated heterocycles. The lowest BCUT2D eigenvalue weighted by Crippen LogP contribution is -2.29. The van der Waals surface area contributed by atoms with E-state index in [1.807, 2.05) is 0 Å². The number of rotatable bonds is 18. The van der Waals surface area contributed by atoms with Crippen molar-refractivity contribution in [2.24, 2.45) is 0 Å². The maximum Gasteiger partial charge on any atom is 0.0461 e. The summed E-state index contributed by atoms with van der Waals surface area (Å²) in [6, 6.07) is 141. The molecule has 15 aromatic carbocycles. The summed E-state index contributed by atoms with van der Waals surface area (Å²) in [5.41, 5.74) is 18.8. The van der Waals surface area contributed by atoms with Crippen LogP contribution in [-0.4, -0.2) is 0 Å². The molecular formula is C90H70N4. The molecule has 0 radical (unpaired) electrons. The molecule has 15 rings (SSSR count). The van der Waals surface area contributed by atoms with Gasteiger partial charge in [-0.05, 0) is 214 Å². The van der Waals surface area contributed by atoms with Crippen molar-refractivity contribution in [3.05, 3.63) is 422 Å². The maximum absolute atomic E-state index is 2.45. The minimum Gasteiger partial charge on any atom is -0.311 e. The van der Waals surface area contributed by atoms with Crippen molar-refractivity contribution >= 4 is 89.8 Å². The third-order valence-electron chi connectivity index (χ3n) is 18.9. The first kappa shape index (κ1) is 58.4. The van der Waals surface area contributed by atoms with Crippen LogP contribution in [0.15, 0.2) is 388 Å². The Kier molecular flexibility index (Phi) is 16.0. The molecule has 0 saturated carbocycles. The highest BCUT2D eigenvalue weighted by molar-refractivity contribution is 6.09. The lowest BCUT2D eigenvalue weighted by molar-refractivity contribution is 0.697. The second-order valence-corrected chi connectivity index (χ2v) is 24.3. The highest BCUT2D eigenvalue weighted by Gasteiger charge is 2.40. The van der Waals surface area contributed by atoms with Crippen LogP contribution in [0.3, 0.4) is 0 Å². The van der Waals surface area contributed by atoms with Gasteiger partial charge in [0, 0.05) is 79.1 Å². The van der Waals surface area contributed by atoms with Crippen molar-refractivity contribution in [2.75, 3.05) is 19.6 Å². The maximum atomic E-state index is 2.45. The van der Waals surface area contributed by atoms with Gasteiger partial charge in [-0.2, -0.15) is 0 Å². The summed E-state index contributed by atoms with van der Waals surface area (Å²) >= 11 is 0. The third kappa shape index (κ3) is 10.9. The second-order valence-electron chi connectivity index (χ2n) is 24.3. The molecule has 0 aliphatic rings. The van der Waals surface area contributed by atoms with Gasteiger partial charge >= 0.3 is 0 Å². The lowest BCUT2D eigenvalue weighted by Gasteiger charge is -2.39. The van der Waals surface area contributed by atoms with Crippen molar-refractivity contribution < 1.29 is 0 Å². The molecule has 0 spiro atoms. The number of fused-ring (bicyclic) bond motifs is 2. The molecule has 0 heterocycles. The van der Waals surface area contributed by atoms with Gasteiger partial charge in [-0.3, -0.25) is 0 Å². The molecule has 0 N–H and O–H groups in total. The minimum absolute atomic E-state index is 0.722. The SMILES string of the molecule is CC(c1ccc(N(c2ccccc2)c2ccccc2)cc1)(c1ccc(N(c2ccccc2)c2ccccc2)cc1)c1c2ccccc2c(C(C)(c2ccc(N(c3ccccc3)c3ccccc3)cc2)c2ccc(N(c3ccccc3)c3ccccc3)cc2)c2ccccc12. The van der Waals surface area contributed by atoms with Crippen LogP contribution >= 0.6 is 0 Å². The van der Waals surface area contributed by atoms with Gasteiger partial charge in [0.2, 0.25) is 0 Å². The smallest absolute Gasteiger partial charge is 0.0461 e. The Hall–Kier alpha value is -12.0. The topological polar surface area (TPSA) is 13.0 Å².